The van der Waals surface area contributed by atoms with Gasteiger partial charge in [-0.2, -0.15) is 0 Å². The molecular weight excluding hydrogens is 384 g/mol. The molecule has 5 nitrogen and oxygen atoms in total. The summed E-state index contributed by atoms with van der Waals surface area (Å²) in [4.78, 5) is 26.0. The van der Waals surface area contributed by atoms with E-state index in [1.54, 1.807) is 4.90 Å². The Balaban J connectivity index is 1.78. The fourth-order valence-electron chi connectivity index (χ4n) is 2.79. The summed E-state index contributed by atoms with van der Waals surface area (Å²) in [5.74, 6) is 0.319. The van der Waals surface area contributed by atoms with Crippen LogP contribution < -0.4 is 5.32 Å². The zero-order chi connectivity index (χ0) is 18.6. The highest BCUT2D eigenvalue weighted by atomic mass is 79.9. The number of piperidine rings is 1. The molecule has 1 N–H and O–H groups in total. The molecule has 1 aromatic rings. The minimum Gasteiger partial charge on any atom is -0.444 e. The molecule has 1 heterocycles. The standard InChI is InChI=1S/C19H27BrN2O3/c1-13-5-6-15(12-16(13)20)21-17(23)11-14-7-9-22(10-8-14)18(24)25-19(2,3)4/h5-6,12,14H,7-11H2,1-4H3,(H,21,23). The fourth-order valence-corrected chi connectivity index (χ4v) is 3.17. The Morgan fingerprint density at radius 1 is 1.28 bits per heavy atom. The lowest BCUT2D eigenvalue weighted by Gasteiger charge is -2.33. The Labute approximate surface area is 158 Å². The van der Waals surface area contributed by atoms with Gasteiger partial charge in [-0.25, -0.2) is 4.79 Å². The first-order valence-corrected chi connectivity index (χ1v) is 9.47. The maximum atomic E-state index is 12.2. The van der Waals surface area contributed by atoms with Crippen LogP contribution in [0.3, 0.4) is 0 Å². The van der Waals surface area contributed by atoms with Gasteiger partial charge in [-0.1, -0.05) is 22.0 Å². The van der Waals surface area contributed by atoms with Crippen LogP contribution in [-0.4, -0.2) is 35.6 Å². The van der Waals surface area contributed by atoms with E-state index < -0.39 is 5.60 Å². The van der Waals surface area contributed by atoms with Gasteiger partial charge in [-0.3, -0.25) is 4.79 Å². The number of likely N-dealkylation sites (tertiary alicyclic amines) is 1. The second kappa shape index (κ2) is 8.21. The van der Waals surface area contributed by atoms with Gasteiger partial charge in [-0.05, 0) is 64.2 Å². The van der Waals surface area contributed by atoms with Crippen LogP contribution >= 0.6 is 15.9 Å². The molecule has 0 atom stereocenters. The second-order valence-electron chi connectivity index (χ2n) is 7.63. The van der Waals surface area contributed by atoms with Crippen LogP contribution in [0.5, 0.6) is 0 Å². The van der Waals surface area contributed by atoms with Crippen molar-refractivity contribution >= 4 is 33.6 Å². The average molecular weight is 411 g/mol. The summed E-state index contributed by atoms with van der Waals surface area (Å²) in [7, 11) is 0. The monoisotopic (exact) mass is 410 g/mol. The molecule has 0 aromatic heterocycles. The molecule has 2 amide bonds. The normalized spacial score (nSPS) is 15.8. The molecule has 0 unspecified atom stereocenters. The molecule has 1 aliphatic heterocycles. The van der Waals surface area contributed by atoms with Gasteiger partial charge in [0, 0.05) is 29.7 Å². The van der Waals surface area contributed by atoms with Crippen LogP contribution in [0.1, 0.15) is 45.6 Å². The first kappa shape index (κ1) is 19.8. The predicted octanol–water partition coefficient (Wildman–Crippen LogP) is 4.73. The van der Waals surface area contributed by atoms with Crippen molar-refractivity contribution < 1.29 is 14.3 Å². The third-order valence-corrected chi connectivity index (χ3v) is 5.05. The summed E-state index contributed by atoms with van der Waals surface area (Å²) in [6.45, 7) is 8.89. The maximum Gasteiger partial charge on any atom is 0.410 e. The number of rotatable bonds is 3. The molecule has 138 valence electrons. The minimum atomic E-state index is -0.476. The summed E-state index contributed by atoms with van der Waals surface area (Å²) < 4.78 is 6.38. The van der Waals surface area contributed by atoms with E-state index in [2.05, 4.69) is 21.2 Å². The van der Waals surface area contributed by atoms with Crippen LogP contribution in [0.4, 0.5) is 10.5 Å². The van der Waals surface area contributed by atoms with Gasteiger partial charge in [0.2, 0.25) is 5.91 Å². The Hall–Kier alpha value is -1.56. The molecule has 1 saturated heterocycles. The van der Waals surface area contributed by atoms with Crippen LogP contribution in [0.2, 0.25) is 0 Å². The third kappa shape index (κ3) is 6.34. The Bertz CT molecular complexity index is 632. The van der Waals surface area contributed by atoms with Gasteiger partial charge in [-0.15, -0.1) is 0 Å². The topological polar surface area (TPSA) is 58.6 Å². The van der Waals surface area contributed by atoms with Crippen LogP contribution in [-0.2, 0) is 9.53 Å². The highest BCUT2D eigenvalue weighted by Crippen LogP contribution is 2.24. The summed E-state index contributed by atoms with van der Waals surface area (Å²) in [5, 5.41) is 2.95. The van der Waals surface area contributed by atoms with E-state index >= 15 is 0 Å². The van der Waals surface area contributed by atoms with E-state index in [0.717, 1.165) is 28.6 Å². The number of hydrogen-bond acceptors (Lipinski definition) is 3. The lowest BCUT2D eigenvalue weighted by molar-refractivity contribution is -0.117. The third-order valence-electron chi connectivity index (χ3n) is 4.20. The average Bonchev–Trinajstić information content (AvgIpc) is 2.50. The van der Waals surface area contributed by atoms with Gasteiger partial charge in [0.1, 0.15) is 5.60 Å². The minimum absolute atomic E-state index is 0.0199. The lowest BCUT2D eigenvalue weighted by atomic mass is 9.93. The van der Waals surface area contributed by atoms with Crippen molar-refractivity contribution in [1.82, 2.24) is 4.90 Å². The summed E-state index contributed by atoms with van der Waals surface area (Å²) in [5.41, 5.74) is 1.46. The zero-order valence-electron chi connectivity index (χ0n) is 15.4. The van der Waals surface area contributed by atoms with Crippen molar-refractivity contribution in [2.75, 3.05) is 18.4 Å². The van der Waals surface area contributed by atoms with E-state index in [-0.39, 0.29) is 12.0 Å². The number of amides is 2. The van der Waals surface area contributed by atoms with Gasteiger partial charge >= 0.3 is 6.09 Å². The smallest absolute Gasteiger partial charge is 0.410 e. The number of hydrogen-bond donors (Lipinski definition) is 1. The maximum absolute atomic E-state index is 12.2. The molecule has 0 saturated carbocycles. The zero-order valence-corrected chi connectivity index (χ0v) is 17.0. The van der Waals surface area contributed by atoms with Gasteiger partial charge in [0.25, 0.3) is 0 Å². The Morgan fingerprint density at radius 2 is 1.92 bits per heavy atom. The van der Waals surface area contributed by atoms with Crippen molar-refractivity contribution in [3.8, 4) is 0 Å². The molecular formula is C19H27BrN2O3. The molecule has 1 aromatic carbocycles. The van der Waals surface area contributed by atoms with E-state index in [9.17, 15) is 9.59 Å². The van der Waals surface area contributed by atoms with E-state index in [1.165, 1.54) is 0 Å². The first-order chi connectivity index (χ1) is 11.6. The van der Waals surface area contributed by atoms with E-state index in [0.29, 0.717) is 25.4 Å². The van der Waals surface area contributed by atoms with Crippen molar-refractivity contribution in [2.24, 2.45) is 5.92 Å². The fraction of sp³-hybridized carbons (Fsp3) is 0.579. The Kier molecular flexibility index (Phi) is 6.49. The SMILES string of the molecule is Cc1ccc(NC(=O)CC2CCN(C(=O)OC(C)(C)C)CC2)cc1Br. The molecule has 6 heteroatoms. The quantitative estimate of drug-likeness (QED) is 0.782. The molecule has 1 aliphatic rings. The number of halogens is 1. The first-order valence-electron chi connectivity index (χ1n) is 8.68. The summed E-state index contributed by atoms with van der Waals surface area (Å²) in [6, 6.07) is 5.79. The van der Waals surface area contributed by atoms with Crippen LogP contribution in [0.25, 0.3) is 0 Å². The number of carbonyl (C=O) groups excluding carboxylic acids is 2. The predicted molar refractivity (Wildman–Crippen MR) is 103 cm³/mol. The molecule has 0 bridgehead atoms. The van der Waals surface area contributed by atoms with Crippen LogP contribution in [0.15, 0.2) is 22.7 Å². The van der Waals surface area contributed by atoms with Crippen molar-refractivity contribution in [3.05, 3.63) is 28.2 Å². The number of benzene rings is 1. The van der Waals surface area contributed by atoms with Crippen LogP contribution in [0, 0.1) is 12.8 Å². The summed E-state index contributed by atoms with van der Waals surface area (Å²) >= 11 is 3.47. The van der Waals surface area contributed by atoms with Gasteiger partial charge < -0.3 is 15.0 Å². The molecule has 0 radical (unpaired) electrons. The molecule has 1 fully saturated rings. The number of carbonyl (C=O) groups is 2. The van der Waals surface area contributed by atoms with Crippen molar-refractivity contribution in [2.45, 2.75) is 52.6 Å². The number of nitrogens with one attached hydrogen (secondary N) is 1. The molecule has 0 aliphatic carbocycles. The number of ether oxygens (including phenoxy) is 1. The molecule has 25 heavy (non-hydrogen) atoms. The largest absolute Gasteiger partial charge is 0.444 e. The highest BCUT2D eigenvalue weighted by Gasteiger charge is 2.27. The number of nitrogens with zero attached hydrogens (tertiary/aromatic N) is 1. The highest BCUT2D eigenvalue weighted by molar-refractivity contribution is 9.10. The second-order valence-corrected chi connectivity index (χ2v) is 8.48. The van der Waals surface area contributed by atoms with Crippen molar-refractivity contribution in [1.29, 1.82) is 0 Å². The van der Waals surface area contributed by atoms with E-state index in [4.69, 9.17) is 4.74 Å². The lowest BCUT2D eigenvalue weighted by Crippen LogP contribution is -2.42. The van der Waals surface area contributed by atoms with Crippen molar-refractivity contribution in [3.63, 3.8) is 0 Å². The molecule has 2 rings (SSSR count). The number of aryl methyl sites for hydroxylation is 1. The summed E-state index contributed by atoms with van der Waals surface area (Å²) in [6.07, 6.45) is 1.86. The molecule has 0 spiro atoms. The van der Waals surface area contributed by atoms with Gasteiger partial charge in [0.05, 0.1) is 0 Å². The number of anilines is 1. The van der Waals surface area contributed by atoms with Gasteiger partial charge in [0.15, 0.2) is 0 Å². The van der Waals surface area contributed by atoms with E-state index in [1.807, 2.05) is 45.9 Å². The Morgan fingerprint density at radius 3 is 2.48 bits per heavy atom.